The Labute approximate surface area is 179 Å². The van der Waals surface area contributed by atoms with Gasteiger partial charge in [0, 0.05) is 12.1 Å². The SMILES string of the molecule is CC(C)OC(=O)C12CC(c3ccc(S(C)(=O)=O)cc3)(C1)C2B1OC(C)(C)C(C)(C)O1. The molecule has 30 heavy (non-hydrogen) atoms. The minimum atomic E-state index is -3.26. The molecule has 0 aromatic heterocycles. The molecule has 1 unspecified atom stereocenters. The summed E-state index contributed by atoms with van der Waals surface area (Å²) in [4.78, 5) is 13.3. The van der Waals surface area contributed by atoms with Crippen LogP contribution < -0.4 is 0 Å². The molecular formula is C22H31BO6S. The predicted molar refractivity (Wildman–Crippen MR) is 114 cm³/mol. The highest BCUT2D eigenvalue weighted by Crippen LogP contribution is 2.82. The molecule has 0 radical (unpaired) electrons. The molecule has 8 heteroatoms. The Morgan fingerprint density at radius 3 is 2.00 bits per heavy atom. The Kier molecular flexibility index (Phi) is 4.61. The van der Waals surface area contributed by atoms with Gasteiger partial charge >= 0.3 is 13.1 Å². The lowest BCUT2D eigenvalue weighted by molar-refractivity contribution is -0.207. The molecule has 0 spiro atoms. The molecular weight excluding hydrogens is 403 g/mol. The molecule has 1 aliphatic heterocycles. The number of carbonyl (C=O) groups is 1. The third-order valence-corrected chi connectivity index (χ3v) is 8.73. The van der Waals surface area contributed by atoms with Crippen molar-refractivity contribution < 1.29 is 27.3 Å². The Morgan fingerprint density at radius 2 is 1.57 bits per heavy atom. The van der Waals surface area contributed by atoms with E-state index in [1.165, 1.54) is 6.26 Å². The summed E-state index contributed by atoms with van der Waals surface area (Å²) in [5.41, 5.74) is -0.850. The third-order valence-electron chi connectivity index (χ3n) is 7.60. The van der Waals surface area contributed by atoms with Gasteiger partial charge in [-0.3, -0.25) is 4.79 Å². The van der Waals surface area contributed by atoms with E-state index < -0.39 is 33.6 Å². The smallest absolute Gasteiger partial charge is 0.463 e. The largest absolute Gasteiger partial charge is 0.463 e. The fraction of sp³-hybridized carbons (Fsp3) is 0.682. The summed E-state index contributed by atoms with van der Waals surface area (Å²) in [5.74, 6) is -0.353. The first-order valence-corrected chi connectivity index (χ1v) is 12.4. The molecule has 1 heterocycles. The van der Waals surface area contributed by atoms with Crippen molar-refractivity contribution in [2.45, 2.75) is 87.8 Å². The Bertz CT molecular complexity index is 957. The van der Waals surface area contributed by atoms with Crippen molar-refractivity contribution in [3.05, 3.63) is 29.8 Å². The topological polar surface area (TPSA) is 78.9 Å². The van der Waals surface area contributed by atoms with E-state index in [0.29, 0.717) is 17.7 Å². The van der Waals surface area contributed by atoms with Gasteiger partial charge < -0.3 is 14.0 Å². The first-order chi connectivity index (χ1) is 13.6. The fourth-order valence-corrected chi connectivity index (χ4v) is 5.98. The minimum Gasteiger partial charge on any atom is -0.463 e. The number of esters is 1. The van der Waals surface area contributed by atoms with Gasteiger partial charge in [0.1, 0.15) is 0 Å². The van der Waals surface area contributed by atoms with E-state index in [9.17, 15) is 13.2 Å². The van der Waals surface area contributed by atoms with Crippen LogP contribution in [0.3, 0.4) is 0 Å². The van der Waals surface area contributed by atoms with Crippen LogP contribution in [-0.4, -0.2) is 45.1 Å². The van der Waals surface area contributed by atoms with E-state index in [1.54, 1.807) is 12.1 Å². The van der Waals surface area contributed by atoms with Crippen molar-refractivity contribution in [1.82, 2.24) is 0 Å². The first-order valence-electron chi connectivity index (χ1n) is 10.5. The Hall–Kier alpha value is -1.38. The third kappa shape index (κ3) is 2.90. The zero-order valence-corrected chi connectivity index (χ0v) is 19.6. The minimum absolute atomic E-state index is 0.165. The van der Waals surface area contributed by atoms with Crippen molar-refractivity contribution in [2.75, 3.05) is 6.26 Å². The molecule has 6 nitrogen and oxygen atoms in total. The number of sulfone groups is 1. The molecule has 1 saturated heterocycles. The second-order valence-corrected chi connectivity index (χ2v) is 12.5. The van der Waals surface area contributed by atoms with Crippen LogP contribution in [0, 0.1) is 5.41 Å². The molecule has 2 bridgehead atoms. The van der Waals surface area contributed by atoms with Gasteiger partial charge in [-0.05, 0) is 77.5 Å². The summed E-state index contributed by atoms with van der Waals surface area (Å²) >= 11 is 0. The van der Waals surface area contributed by atoms with E-state index in [2.05, 4.69) is 0 Å². The molecule has 0 N–H and O–H groups in total. The number of rotatable bonds is 5. The molecule has 3 saturated carbocycles. The van der Waals surface area contributed by atoms with Gasteiger partial charge in [0.05, 0.1) is 27.6 Å². The van der Waals surface area contributed by atoms with Crippen LogP contribution in [0.4, 0.5) is 0 Å². The van der Waals surface area contributed by atoms with Crippen LogP contribution in [0.1, 0.15) is 59.9 Å². The van der Waals surface area contributed by atoms with Gasteiger partial charge in [0.25, 0.3) is 0 Å². The summed E-state index contributed by atoms with van der Waals surface area (Å²) < 4.78 is 42.0. The van der Waals surface area contributed by atoms with Gasteiger partial charge in [-0.15, -0.1) is 0 Å². The maximum Gasteiger partial charge on any atom is 0.463 e. The maximum atomic E-state index is 13.0. The van der Waals surface area contributed by atoms with Gasteiger partial charge in [-0.1, -0.05) is 12.1 Å². The molecule has 3 aliphatic carbocycles. The maximum absolute atomic E-state index is 13.0. The average molecular weight is 434 g/mol. The molecule has 1 aromatic carbocycles. The van der Waals surface area contributed by atoms with Crippen LogP contribution in [0.5, 0.6) is 0 Å². The van der Waals surface area contributed by atoms with E-state index >= 15 is 0 Å². The van der Waals surface area contributed by atoms with E-state index in [0.717, 1.165) is 5.56 Å². The van der Waals surface area contributed by atoms with Crippen molar-refractivity contribution in [3.63, 3.8) is 0 Å². The standard InChI is InChI=1S/C22H31BO6S/c1-14(2)27-18(24)22-12-21(13-22,15-8-10-16(11-9-15)30(7,25)26)17(22)23-28-19(3,4)20(5,6)29-23/h8-11,14,17H,12-13H2,1-7H3. The molecule has 4 fully saturated rings. The molecule has 1 atom stereocenters. The normalized spacial score (nSPS) is 33.7. The lowest BCUT2D eigenvalue weighted by Gasteiger charge is -2.75. The van der Waals surface area contributed by atoms with Crippen molar-refractivity contribution >= 4 is 22.9 Å². The highest BCUT2D eigenvalue weighted by molar-refractivity contribution is 7.90. The van der Waals surface area contributed by atoms with E-state index in [-0.39, 0.29) is 23.3 Å². The summed E-state index contributed by atoms with van der Waals surface area (Å²) in [7, 11) is -3.78. The van der Waals surface area contributed by atoms with E-state index in [1.807, 2.05) is 53.7 Å². The summed E-state index contributed by atoms with van der Waals surface area (Å²) in [6.07, 6.45) is 2.35. The highest BCUT2D eigenvalue weighted by Gasteiger charge is 2.84. The fourth-order valence-electron chi connectivity index (χ4n) is 5.35. The lowest BCUT2D eigenvalue weighted by atomic mass is 9.20. The number of ether oxygens (including phenoxy) is 1. The number of hydrogen-bond acceptors (Lipinski definition) is 6. The zero-order valence-electron chi connectivity index (χ0n) is 18.8. The van der Waals surface area contributed by atoms with Crippen LogP contribution in [0.25, 0.3) is 0 Å². The van der Waals surface area contributed by atoms with Crippen molar-refractivity contribution in [1.29, 1.82) is 0 Å². The molecule has 0 amide bonds. The summed E-state index contributed by atoms with van der Waals surface area (Å²) in [6, 6.07) is 7.02. The van der Waals surface area contributed by atoms with Crippen molar-refractivity contribution in [3.8, 4) is 0 Å². The van der Waals surface area contributed by atoms with Gasteiger partial charge in [0.2, 0.25) is 0 Å². The molecule has 1 aromatic rings. The summed E-state index contributed by atoms with van der Waals surface area (Å²) in [5, 5.41) is 0. The lowest BCUT2D eigenvalue weighted by Crippen LogP contribution is -2.76. The van der Waals surface area contributed by atoms with Crippen LogP contribution >= 0.6 is 0 Å². The summed E-state index contributed by atoms with van der Waals surface area (Å²) in [6.45, 7) is 11.7. The Morgan fingerprint density at radius 1 is 1.07 bits per heavy atom. The van der Waals surface area contributed by atoms with Crippen molar-refractivity contribution in [2.24, 2.45) is 5.41 Å². The predicted octanol–water partition coefficient (Wildman–Crippen LogP) is 3.54. The van der Waals surface area contributed by atoms with Crippen LogP contribution in [-0.2, 0) is 34.1 Å². The highest BCUT2D eigenvalue weighted by atomic mass is 32.2. The van der Waals surface area contributed by atoms with Crippen LogP contribution in [0.15, 0.2) is 29.2 Å². The Balaban J connectivity index is 1.69. The second-order valence-electron chi connectivity index (χ2n) is 10.5. The van der Waals surface area contributed by atoms with Gasteiger partial charge in [-0.25, -0.2) is 8.42 Å². The molecule has 164 valence electrons. The first kappa shape index (κ1) is 21.8. The molecule has 5 rings (SSSR count). The number of hydrogen-bond donors (Lipinski definition) is 0. The molecule has 4 aliphatic rings. The average Bonchev–Trinajstić information content (AvgIpc) is 2.70. The number of benzene rings is 1. The zero-order chi connectivity index (χ0) is 22.3. The van der Waals surface area contributed by atoms with Gasteiger partial charge in [-0.2, -0.15) is 0 Å². The van der Waals surface area contributed by atoms with E-state index in [4.69, 9.17) is 14.0 Å². The quantitative estimate of drug-likeness (QED) is 0.521. The second kappa shape index (κ2) is 6.33. The number of carbonyl (C=O) groups excluding carboxylic acids is 1. The monoisotopic (exact) mass is 434 g/mol. The van der Waals surface area contributed by atoms with Gasteiger partial charge in [0.15, 0.2) is 9.84 Å². The van der Waals surface area contributed by atoms with Crippen LogP contribution in [0.2, 0.25) is 5.82 Å².